The molecular formula is C17H16Cl2N4O2S. The zero-order chi connectivity index (χ0) is 18.3. The van der Waals surface area contributed by atoms with Crippen molar-refractivity contribution in [2.45, 2.75) is 37.6 Å². The van der Waals surface area contributed by atoms with Gasteiger partial charge in [0.25, 0.3) is 5.91 Å². The Morgan fingerprint density at radius 1 is 1.12 bits per heavy atom. The molecule has 0 radical (unpaired) electrons. The Morgan fingerprint density at radius 3 is 2.54 bits per heavy atom. The molecule has 0 bridgehead atoms. The van der Waals surface area contributed by atoms with Crippen LogP contribution in [-0.2, 0) is 4.79 Å². The van der Waals surface area contributed by atoms with Gasteiger partial charge in [0.2, 0.25) is 11.0 Å². The molecule has 0 unspecified atom stereocenters. The number of hydrogen-bond donors (Lipinski definition) is 1. The van der Waals surface area contributed by atoms with E-state index in [-0.39, 0.29) is 11.8 Å². The average Bonchev–Trinajstić information content (AvgIpc) is 3.14. The zero-order valence-electron chi connectivity index (χ0n) is 13.7. The lowest BCUT2D eigenvalue weighted by Crippen LogP contribution is -2.43. The van der Waals surface area contributed by atoms with Crippen LogP contribution in [0.15, 0.2) is 18.2 Å². The lowest BCUT2D eigenvalue weighted by Gasteiger charge is -2.23. The van der Waals surface area contributed by atoms with Crippen molar-refractivity contribution in [1.29, 1.82) is 0 Å². The lowest BCUT2D eigenvalue weighted by atomic mass is 10.1. The summed E-state index contributed by atoms with van der Waals surface area (Å²) in [6.07, 6.45) is 3.65. The van der Waals surface area contributed by atoms with E-state index < -0.39 is 6.04 Å². The molecule has 0 spiro atoms. The first kappa shape index (κ1) is 17.7. The Balaban J connectivity index is 1.47. The van der Waals surface area contributed by atoms with Crippen LogP contribution in [0, 0.1) is 0 Å². The minimum Gasteiger partial charge on any atom is -0.327 e. The number of halogens is 2. The fourth-order valence-electron chi connectivity index (χ4n) is 3.09. The summed E-state index contributed by atoms with van der Waals surface area (Å²) in [5.41, 5.74) is 0.383. The van der Waals surface area contributed by atoms with Crippen molar-refractivity contribution in [3.63, 3.8) is 0 Å². The van der Waals surface area contributed by atoms with E-state index >= 15 is 0 Å². The smallest absolute Gasteiger partial charge is 0.254 e. The Hall–Kier alpha value is -1.70. The summed E-state index contributed by atoms with van der Waals surface area (Å²) >= 11 is 13.4. The summed E-state index contributed by atoms with van der Waals surface area (Å²) in [5, 5.41) is 13.2. The van der Waals surface area contributed by atoms with Crippen molar-refractivity contribution >= 4 is 51.5 Å². The maximum atomic E-state index is 12.8. The van der Waals surface area contributed by atoms with Crippen LogP contribution >= 0.6 is 34.5 Å². The van der Waals surface area contributed by atoms with Gasteiger partial charge in [-0.25, -0.2) is 0 Å². The molecule has 1 aromatic heterocycles. The van der Waals surface area contributed by atoms with E-state index in [4.69, 9.17) is 23.2 Å². The number of nitrogens with one attached hydrogen (secondary N) is 1. The maximum Gasteiger partial charge on any atom is 0.254 e. The van der Waals surface area contributed by atoms with Crippen LogP contribution in [0.5, 0.6) is 0 Å². The Kier molecular flexibility index (Phi) is 4.86. The summed E-state index contributed by atoms with van der Waals surface area (Å²) in [5.74, 6) is 0.0146. The van der Waals surface area contributed by atoms with Crippen LogP contribution in [0.1, 0.15) is 47.0 Å². The molecule has 2 heterocycles. The number of carbonyl (C=O) groups is 2. The first-order valence-electron chi connectivity index (χ1n) is 8.42. The highest BCUT2D eigenvalue weighted by atomic mass is 35.5. The van der Waals surface area contributed by atoms with Crippen molar-refractivity contribution in [3.05, 3.63) is 38.8 Å². The molecule has 136 valence electrons. The second-order valence-electron chi connectivity index (χ2n) is 6.52. The van der Waals surface area contributed by atoms with Gasteiger partial charge < -0.3 is 4.90 Å². The molecule has 1 saturated carbocycles. The molecule has 1 atom stereocenters. The third-order valence-electron chi connectivity index (χ3n) is 4.52. The highest BCUT2D eigenvalue weighted by molar-refractivity contribution is 7.15. The van der Waals surface area contributed by atoms with Crippen molar-refractivity contribution in [1.82, 2.24) is 15.1 Å². The van der Waals surface area contributed by atoms with Gasteiger partial charge in [0.15, 0.2) is 0 Å². The summed E-state index contributed by atoms with van der Waals surface area (Å²) in [7, 11) is 0. The van der Waals surface area contributed by atoms with Crippen LogP contribution in [0.3, 0.4) is 0 Å². The standard InChI is InChI=1S/C17H16Cl2N4O2S/c18-11-6-10(7-12(19)8-11)16(25)23-5-1-2-13(23)14(24)20-17-22-21-15(26-17)9-3-4-9/h6-9,13H,1-5H2,(H,20,22,24)/t13-/m1/s1. The summed E-state index contributed by atoms with van der Waals surface area (Å²) < 4.78 is 0. The molecule has 4 rings (SSSR count). The number of hydrogen-bond acceptors (Lipinski definition) is 5. The number of carbonyl (C=O) groups excluding carboxylic acids is 2. The van der Waals surface area contributed by atoms with Gasteiger partial charge in [0, 0.05) is 28.1 Å². The van der Waals surface area contributed by atoms with E-state index in [2.05, 4.69) is 15.5 Å². The fraction of sp³-hybridized carbons (Fsp3) is 0.412. The highest BCUT2D eigenvalue weighted by Crippen LogP contribution is 2.42. The van der Waals surface area contributed by atoms with Crippen LogP contribution < -0.4 is 5.32 Å². The van der Waals surface area contributed by atoms with Gasteiger partial charge in [0.1, 0.15) is 11.0 Å². The molecule has 1 aliphatic carbocycles. The average molecular weight is 411 g/mol. The molecule has 26 heavy (non-hydrogen) atoms. The van der Waals surface area contributed by atoms with E-state index in [0.717, 1.165) is 24.3 Å². The molecule has 6 nitrogen and oxygen atoms in total. The van der Waals surface area contributed by atoms with E-state index in [1.165, 1.54) is 11.3 Å². The molecule has 1 N–H and O–H groups in total. The van der Waals surface area contributed by atoms with Crippen molar-refractivity contribution in [2.75, 3.05) is 11.9 Å². The maximum absolute atomic E-state index is 12.8. The predicted octanol–water partition coefficient (Wildman–Crippen LogP) is 3.97. The Morgan fingerprint density at radius 2 is 1.85 bits per heavy atom. The molecule has 2 aromatic rings. The summed E-state index contributed by atoms with van der Waals surface area (Å²) in [4.78, 5) is 27.1. The normalized spacial score (nSPS) is 19.6. The van der Waals surface area contributed by atoms with Gasteiger partial charge in [-0.3, -0.25) is 14.9 Å². The third-order valence-corrected chi connectivity index (χ3v) is 5.96. The molecule has 1 aliphatic heterocycles. The van der Waals surface area contributed by atoms with Gasteiger partial charge in [-0.05, 0) is 43.9 Å². The molecule has 2 aliphatic rings. The largest absolute Gasteiger partial charge is 0.327 e. The minimum atomic E-state index is -0.534. The second-order valence-corrected chi connectivity index (χ2v) is 8.41. The second kappa shape index (κ2) is 7.13. The fourth-order valence-corrected chi connectivity index (χ4v) is 4.54. The van der Waals surface area contributed by atoms with Crippen LogP contribution in [-0.4, -0.2) is 39.5 Å². The SMILES string of the molecule is O=C(Nc1nnc(C2CC2)s1)[C@H]1CCCN1C(=O)c1cc(Cl)cc(Cl)c1. The third kappa shape index (κ3) is 3.70. The Bertz CT molecular complexity index is 848. The van der Waals surface area contributed by atoms with E-state index in [1.807, 2.05) is 0 Å². The van der Waals surface area contributed by atoms with Gasteiger partial charge in [-0.2, -0.15) is 0 Å². The number of nitrogens with zero attached hydrogens (tertiary/aromatic N) is 3. The highest BCUT2D eigenvalue weighted by Gasteiger charge is 2.35. The van der Waals surface area contributed by atoms with Crippen molar-refractivity contribution in [2.24, 2.45) is 0 Å². The molecule has 2 amide bonds. The van der Waals surface area contributed by atoms with Crippen molar-refractivity contribution < 1.29 is 9.59 Å². The monoisotopic (exact) mass is 410 g/mol. The first-order valence-corrected chi connectivity index (χ1v) is 10.00. The molecule has 2 fully saturated rings. The minimum absolute atomic E-state index is 0.234. The van der Waals surface area contributed by atoms with Crippen molar-refractivity contribution in [3.8, 4) is 0 Å². The lowest BCUT2D eigenvalue weighted by molar-refractivity contribution is -0.119. The summed E-state index contributed by atoms with van der Waals surface area (Å²) in [6, 6.07) is 4.17. The number of amides is 2. The quantitative estimate of drug-likeness (QED) is 0.826. The van der Waals surface area contributed by atoms with E-state index in [0.29, 0.717) is 39.6 Å². The number of anilines is 1. The van der Waals surface area contributed by atoms with E-state index in [9.17, 15) is 9.59 Å². The van der Waals surface area contributed by atoms with Gasteiger partial charge in [0.05, 0.1) is 0 Å². The molecule has 9 heteroatoms. The number of likely N-dealkylation sites (tertiary alicyclic amines) is 1. The number of benzene rings is 1. The van der Waals surface area contributed by atoms with Gasteiger partial charge in [-0.1, -0.05) is 34.5 Å². The van der Waals surface area contributed by atoms with E-state index in [1.54, 1.807) is 23.1 Å². The molecular weight excluding hydrogens is 395 g/mol. The van der Waals surface area contributed by atoms with Crippen LogP contribution in [0.2, 0.25) is 10.0 Å². The number of aromatic nitrogens is 2. The van der Waals surface area contributed by atoms with Gasteiger partial charge >= 0.3 is 0 Å². The Labute approximate surface area is 164 Å². The molecule has 1 saturated heterocycles. The zero-order valence-corrected chi connectivity index (χ0v) is 16.1. The topological polar surface area (TPSA) is 75.2 Å². The number of rotatable bonds is 4. The predicted molar refractivity (Wildman–Crippen MR) is 101 cm³/mol. The first-order chi connectivity index (χ1) is 12.5. The van der Waals surface area contributed by atoms with Crippen LogP contribution in [0.25, 0.3) is 0 Å². The molecule has 1 aromatic carbocycles. The summed E-state index contributed by atoms with van der Waals surface area (Å²) in [6.45, 7) is 0.518. The van der Waals surface area contributed by atoms with Gasteiger partial charge in [-0.15, -0.1) is 10.2 Å². The van der Waals surface area contributed by atoms with Crippen LogP contribution in [0.4, 0.5) is 5.13 Å².